The van der Waals surface area contributed by atoms with Crippen LogP contribution in [0.2, 0.25) is 0 Å². The number of amides is 2. The van der Waals surface area contributed by atoms with Gasteiger partial charge in [0.1, 0.15) is 5.82 Å². The van der Waals surface area contributed by atoms with E-state index >= 15 is 0 Å². The number of carbonyl (C=O) groups is 1. The van der Waals surface area contributed by atoms with E-state index in [1.54, 1.807) is 12.4 Å². The van der Waals surface area contributed by atoms with Crippen LogP contribution in [0.1, 0.15) is 44.0 Å². The average molecular weight is 314 g/mol. The minimum absolute atomic E-state index is 0.0280. The maximum atomic E-state index is 12.7. The zero-order valence-corrected chi connectivity index (χ0v) is 13.1. The number of likely N-dealkylation sites (tertiary alicyclic amines) is 1. The van der Waals surface area contributed by atoms with Gasteiger partial charge in [0.15, 0.2) is 0 Å². The van der Waals surface area contributed by atoms with Gasteiger partial charge in [0.05, 0.1) is 17.9 Å². The Morgan fingerprint density at radius 2 is 2.26 bits per heavy atom. The zero-order valence-electron chi connectivity index (χ0n) is 13.1. The van der Waals surface area contributed by atoms with Crippen LogP contribution in [0.3, 0.4) is 0 Å². The molecule has 122 valence electrons. The molecule has 2 aliphatic rings. The number of urea groups is 1. The van der Waals surface area contributed by atoms with E-state index in [0.717, 1.165) is 49.8 Å². The molecule has 23 heavy (non-hydrogen) atoms. The number of nitrogens with zero attached hydrogens (tertiary/aromatic N) is 4. The number of H-pyrrole nitrogens is 1. The molecular weight excluding hydrogens is 292 g/mol. The smallest absolute Gasteiger partial charge is 0.322 e. The summed E-state index contributed by atoms with van der Waals surface area (Å²) in [4.78, 5) is 22.0. The van der Waals surface area contributed by atoms with Crippen molar-refractivity contribution in [1.82, 2.24) is 24.6 Å². The van der Waals surface area contributed by atoms with Gasteiger partial charge in [0, 0.05) is 31.7 Å². The van der Waals surface area contributed by atoms with Crippen LogP contribution in [0, 0.1) is 5.92 Å². The highest BCUT2D eigenvalue weighted by Gasteiger charge is 2.30. The van der Waals surface area contributed by atoms with Gasteiger partial charge in [-0.25, -0.2) is 9.78 Å². The van der Waals surface area contributed by atoms with Crippen molar-refractivity contribution in [2.45, 2.75) is 44.7 Å². The van der Waals surface area contributed by atoms with Gasteiger partial charge in [0.25, 0.3) is 0 Å². The highest BCUT2D eigenvalue weighted by atomic mass is 16.2. The van der Waals surface area contributed by atoms with E-state index in [1.807, 2.05) is 22.0 Å². The zero-order chi connectivity index (χ0) is 15.6. The van der Waals surface area contributed by atoms with Crippen molar-refractivity contribution in [2.75, 3.05) is 11.9 Å². The van der Waals surface area contributed by atoms with E-state index in [-0.39, 0.29) is 12.1 Å². The second-order valence-corrected chi connectivity index (χ2v) is 6.50. The van der Waals surface area contributed by atoms with E-state index in [1.165, 1.54) is 12.8 Å². The third-order valence-electron chi connectivity index (χ3n) is 4.63. The van der Waals surface area contributed by atoms with Crippen LogP contribution in [0.15, 0.2) is 24.8 Å². The molecule has 2 fully saturated rings. The number of imidazole rings is 1. The number of rotatable bonds is 4. The third-order valence-corrected chi connectivity index (χ3v) is 4.63. The van der Waals surface area contributed by atoms with Crippen molar-refractivity contribution in [2.24, 2.45) is 5.92 Å². The van der Waals surface area contributed by atoms with Gasteiger partial charge in [-0.05, 0) is 38.0 Å². The molecule has 1 aliphatic heterocycles. The Morgan fingerprint density at radius 3 is 3.04 bits per heavy atom. The van der Waals surface area contributed by atoms with Crippen molar-refractivity contribution >= 4 is 11.7 Å². The lowest BCUT2D eigenvalue weighted by atomic mass is 10.0. The molecule has 2 amide bonds. The minimum atomic E-state index is -0.0722. The molecule has 2 aromatic rings. The number of aromatic nitrogens is 4. The first-order valence-corrected chi connectivity index (χ1v) is 8.39. The van der Waals surface area contributed by atoms with Gasteiger partial charge < -0.3 is 15.2 Å². The summed E-state index contributed by atoms with van der Waals surface area (Å²) in [5.41, 5.74) is 0.763. The molecule has 0 unspecified atom stereocenters. The SMILES string of the molecule is O=C(Nc1cnn(CC2CC2)c1)N1CCCC[C@H]1c1ncc[nH]1. The molecule has 4 rings (SSSR count). The molecular formula is C16H22N6O. The summed E-state index contributed by atoms with van der Waals surface area (Å²) in [6.07, 6.45) is 12.9. The van der Waals surface area contributed by atoms with Gasteiger partial charge in [-0.1, -0.05) is 0 Å². The number of hydrogen-bond donors (Lipinski definition) is 2. The normalized spacial score (nSPS) is 21.4. The maximum Gasteiger partial charge on any atom is 0.322 e. The third kappa shape index (κ3) is 3.23. The summed E-state index contributed by atoms with van der Waals surface area (Å²) in [5, 5.41) is 7.31. The average Bonchev–Trinajstić information content (AvgIpc) is 3.03. The molecule has 1 aliphatic carbocycles. The summed E-state index contributed by atoms with van der Waals surface area (Å²) >= 11 is 0. The summed E-state index contributed by atoms with van der Waals surface area (Å²) in [6.45, 7) is 1.71. The Kier molecular flexibility index (Phi) is 3.77. The van der Waals surface area contributed by atoms with Gasteiger partial charge in [0.2, 0.25) is 0 Å². The Labute approximate surface area is 135 Å². The minimum Gasteiger partial charge on any atom is -0.347 e. The number of piperidine rings is 1. The maximum absolute atomic E-state index is 12.7. The topological polar surface area (TPSA) is 78.8 Å². The van der Waals surface area contributed by atoms with Crippen molar-refractivity contribution in [3.05, 3.63) is 30.6 Å². The Balaban J connectivity index is 1.43. The quantitative estimate of drug-likeness (QED) is 0.910. The van der Waals surface area contributed by atoms with E-state index in [0.29, 0.717) is 0 Å². The molecule has 1 saturated carbocycles. The second kappa shape index (κ2) is 6.06. The summed E-state index contributed by atoms with van der Waals surface area (Å²) < 4.78 is 1.92. The largest absolute Gasteiger partial charge is 0.347 e. The van der Waals surface area contributed by atoms with E-state index in [2.05, 4.69) is 20.4 Å². The van der Waals surface area contributed by atoms with Crippen LogP contribution >= 0.6 is 0 Å². The standard InChI is InChI=1S/C16H22N6O/c23-16(20-13-9-19-21(11-13)10-12-4-5-12)22-8-2-1-3-14(22)15-17-6-7-18-15/h6-7,9,11-12,14H,1-5,8,10H2,(H,17,18)(H,20,23)/t14-/m0/s1. The van der Waals surface area contributed by atoms with Crippen molar-refractivity contribution in [3.63, 3.8) is 0 Å². The Bertz CT molecular complexity index is 660. The van der Waals surface area contributed by atoms with Crippen molar-refractivity contribution in [3.8, 4) is 0 Å². The highest BCUT2D eigenvalue weighted by Crippen LogP contribution is 2.31. The molecule has 0 bridgehead atoms. The molecule has 7 heteroatoms. The predicted octanol–water partition coefficient (Wildman–Crippen LogP) is 2.78. The van der Waals surface area contributed by atoms with Gasteiger partial charge in [-0.3, -0.25) is 4.68 Å². The summed E-state index contributed by atoms with van der Waals surface area (Å²) in [6, 6.07) is -0.0441. The van der Waals surface area contributed by atoms with Gasteiger partial charge in [-0.15, -0.1) is 0 Å². The number of nitrogens with one attached hydrogen (secondary N) is 2. The van der Waals surface area contributed by atoms with Gasteiger partial charge in [-0.2, -0.15) is 5.10 Å². The molecule has 2 N–H and O–H groups in total. The van der Waals surface area contributed by atoms with E-state index < -0.39 is 0 Å². The number of hydrogen-bond acceptors (Lipinski definition) is 3. The van der Waals surface area contributed by atoms with Crippen LogP contribution in [0.25, 0.3) is 0 Å². The molecule has 2 aromatic heterocycles. The first-order valence-electron chi connectivity index (χ1n) is 8.39. The fourth-order valence-corrected chi connectivity index (χ4v) is 3.21. The predicted molar refractivity (Wildman–Crippen MR) is 85.9 cm³/mol. The lowest BCUT2D eigenvalue weighted by Crippen LogP contribution is -2.41. The molecule has 0 aromatic carbocycles. The fourth-order valence-electron chi connectivity index (χ4n) is 3.21. The fraction of sp³-hybridized carbons (Fsp3) is 0.562. The lowest BCUT2D eigenvalue weighted by Gasteiger charge is -2.34. The van der Waals surface area contributed by atoms with Crippen molar-refractivity contribution < 1.29 is 4.79 Å². The van der Waals surface area contributed by atoms with Crippen LogP contribution in [0.4, 0.5) is 10.5 Å². The highest BCUT2D eigenvalue weighted by molar-refractivity contribution is 5.89. The number of anilines is 1. The summed E-state index contributed by atoms with van der Waals surface area (Å²) in [5.74, 6) is 1.63. The lowest BCUT2D eigenvalue weighted by molar-refractivity contribution is 0.160. The molecule has 0 radical (unpaired) electrons. The van der Waals surface area contributed by atoms with E-state index in [4.69, 9.17) is 0 Å². The Morgan fingerprint density at radius 1 is 1.35 bits per heavy atom. The van der Waals surface area contributed by atoms with Gasteiger partial charge >= 0.3 is 6.03 Å². The molecule has 1 atom stereocenters. The summed E-state index contributed by atoms with van der Waals surface area (Å²) in [7, 11) is 0. The molecule has 1 saturated heterocycles. The van der Waals surface area contributed by atoms with Crippen molar-refractivity contribution in [1.29, 1.82) is 0 Å². The Hall–Kier alpha value is -2.31. The van der Waals surface area contributed by atoms with E-state index in [9.17, 15) is 4.79 Å². The van der Waals surface area contributed by atoms with Crippen LogP contribution in [0.5, 0.6) is 0 Å². The first kappa shape index (κ1) is 14.3. The van der Waals surface area contributed by atoms with Crippen LogP contribution in [-0.4, -0.2) is 37.2 Å². The molecule has 7 nitrogen and oxygen atoms in total. The van der Waals surface area contributed by atoms with Crippen LogP contribution < -0.4 is 5.32 Å². The second-order valence-electron chi connectivity index (χ2n) is 6.50. The first-order chi connectivity index (χ1) is 11.3. The molecule has 3 heterocycles. The molecule has 0 spiro atoms. The monoisotopic (exact) mass is 314 g/mol. The van der Waals surface area contributed by atoms with Crippen LogP contribution in [-0.2, 0) is 6.54 Å². The number of carbonyl (C=O) groups excluding carboxylic acids is 1. The number of aromatic amines is 1.